The molecule has 0 aliphatic carbocycles. The fourth-order valence-corrected chi connectivity index (χ4v) is 2.00. The Bertz CT molecular complexity index is 367. The maximum atomic E-state index is 4.35. The fraction of sp³-hybridized carbons (Fsp3) is 0.714. The molecule has 0 fully saturated rings. The van der Waals surface area contributed by atoms with Gasteiger partial charge in [0.05, 0.1) is 0 Å². The first kappa shape index (κ1) is 15.7. The van der Waals surface area contributed by atoms with Gasteiger partial charge in [0.2, 0.25) is 0 Å². The van der Waals surface area contributed by atoms with Crippen molar-refractivity contribution in [2.75, 3.05) is 50.6 Å². The maximum absolute atomic E-state index is 4.35. The highest BCUT2D eigenvalue weighted by molar-refractivity contribution is 5.49. The van der Waals surface area contributed by atoms with Crippen LogP contribution in [-0.4, -0.2) is 50.7 Å². The Morgan fingerprint density at radius 3 is 2.37 bits per heavy atom. The second-order valence-electron chi connectivity index (χ2n) is 5.39. The zero-order valence-electron chi connectivity index (χ0n) is 12.8. The minimum Gasteiger partial charge on any atom is -0.359 e. The summed E-state index contributed by atoms with van der Waals surface area (Å²) in [6.45, 7) is 7.44. The minimum absolute atomic E-state index is 0.622. The van der Waals surface area contributed by atoms with Gasteiger partial charge in [-0.3, -0.25) is 0 Å². The fourth-order valence-electron chi connectivity index (χ4n) is 2.00. The van der Waals surface area contributed by atoms with Gasteiger partial charge in [0, 0.05) is 33.3 Å². The Hall–Kier alpha value is -1.36. The molecule has 0 aliphatic rings. The van der Waals surface area contributed by atoms with Crippen LogP contribution in [0.1, 0.15) is 20.3 Å². The lowest BCUT2D eigenvalue weighted by Crippen LogP contribution is -2.26. The zero-order chi connectivity index (χ0) is 14.3. The van der Waals surface area contributed by atoms with E-state index in [1.807, 2.05) is 7.05 Å². The summed E-state index contributed by atoms with van der Waals surface area (Å²) >= 11 is 0. The van der Waals surface area contributed by atoms with Crippen molar-refractivity contribution in [1.29, 1.82) is 0 Å². The molecule has 0 amide bonds. The van der Waals surface area contributed by atoms with E-state index in [9.17, 15) is 0 Å². The number of hydrogen-bond acceptors (Lipinski definition) is 5. The van der Waals surface area contributed by atoms with Crippen molar-refractivity contribution in [3.8, 4) is 0 Å². The summed E-state index contributed by atoms with van der Waals surface area (Å²) in [4.78, 5) is 13.0. The molecule has 19 heavy (non-hydrogen) atoms. The Balaban J connectivity index is 2.65. The van der Waals surface area contributed by atoms with Crippen molar-refractivity contribution in [2.24, 2.45) is 5.92 Å². The second kappa shape index (κ2) is 7.94. The molecule has 0 aromatic carbocycles. The summed E-state index contributed by atoms with van der Waals surface area (Å²) in [7, 11) is 6.13. The molecular weight excluding hydrogens is 238 g/mol. The third-order valence-electron chi connectivity index (χ3n) is 2.98. The summed E-state index contributed by atoms with van der Waals surface area (Å²) in [6.07, 6.45) is 2.75. The molecule has 0 atom stereocenters. The van der Waals surface area contributed by atoms with Gasteiger partial charge >= 0.3 is 0 Å². The van der Waals surface area contributed by atoms with Crippen molar-refractivity contribution in [1.82, 2.24) is 15.3 Å². The number of aromatic nitrogens is 2. The van der Waals surface area contributed by atoms with E-state index in [4.69, 9.17) is 0 Å². The lowest BCUT2D eigenvalue weighted by atomic mass is 10.2. The van der Waals surface area contributed by atoms with Crippen LogP contribution in [0.15, 0.2) is 12.4 Å². The number of nitrogens with zero attached hydrogens (tertiary/aromatic N) is 4. The first-order valence-corrected chi connectivity index (χ1v) is 6.93. The molecule has 1 N–H and O–H groups in total. The maximum Gasteiger partial charge on any atom is 0.133 e. The second-order valence-corrected chi connectivity index (χ2v) is 5.39. The molecule has 1 aromatic heterocycles. The number of hydrogen-bond donors (Lipinski definition) is 1. The minimum atomic E-state index is 0.622. The highest BCUT2D eigenvalue weighted by Crippen LogP contribution is 2.16. The van der Waals surface area contributed by atoms with Crippen LogP contribution >= 0.6 is 0 Å². The molecule has 108 valence electrons. The predicted molar refractivity (Wildman–Crippen MR) is 82.0 cm³/mol. The van der Waals surface area contributed by atoms with Crippen molar-refractivity contribution < 1.29 is 0 Å². The summed E-state index contributed by atoms with van der Waals surface area (Å²) in [5.41, 5.74) is 0. The standard InChI is InChI=1S/C14H27N5/c1-12(2)10-19(5)14-9-13(16-11-17-14)18(4)8-6-7-15-3/h9,11-12,15H,6-8,10H2,1-5H3. The summed E-state index contributed by atoms with van der Waals surface area (Å²) < 4.78 is 0. The van der Waals surface area contributed by atoms with Crippen LogP contribution in [0.2, 0.25) is 0 Å². The summed E-state index contributed by atoms with van der Waals surface area (Å²) in [5.74, 6) is 2.59. The third kappa shape index (κ3) is 5.42. The monoisotopic (exact) mass is 265 g/mol. The molecule has 0 spiro atoms. The molecule has 0 saturated carbocycles. The van der Waals surface area contributed by atoms with Crippen LogP contribution in [0.4, 0.5) is 11.6 Å². The van der Waals surface area contributed by atoms with Gasteiger partial charge in [-0.05, 0) is 25.9 Å². The average molecular weight is 265 g/mol. The van der Waals surface area contributed by atoms with E-state index < -0.39 is 0 Å². The predicted octanol–water partition coefficient (Wildman–Crippen LogP) is 1.61. The summed E-state index contributed by atoms with van der Waals surface area (Å²) in [6, 6.07) is 2.06. The Morgan fingerprint density at radius 1 is 1.16 bits per heavy atom. The molecule has 0 bridgehead atoms. The SMILES string of the molecule is CNCCCN(C)c1cc(N(C)CC(C)C)ncn1. The van der Waals surface area contributed by atoms with E-state index in [0.29, 0.717) is 5.92 Å². The molecule has 0 saturated heterocycles. The molecule has 0 unspecified atom stereocenters. The largest absolute Gasteiger partial charge is 0.359 e. The number of rotatable bonds is 8. The van der Waals surface area contributed by atoms with Gasteiger partial charge in [0.25, 0.3) is 0 Å². The lowest BCUT2D eigenvalue weighted by molar-refractivity contribution is 0.634. The molecule has 5 heteroatoms. The van der Waals surface area contributed by atoms with Gasteiger partial charge in [-0.25, -0.2) is 9.97 Å². The third-order valence-corrected chi connectivity index (χ3v) is 2.98. The molecule has 0 aliphatic heterocycles. The number of nitrogens with one attached hydrogen (secondary N) is 1. The first-order valence-electron chi connectivity index (χ1n) is 6.93. The van der Waals surface area contributed by atoms with Gasteiger partial charge in [0.15, 0.2) is 0 Å². The molecule has 1 rings (SSSR count). The average Bonchev–Trinajstić information content (AvgIpc) is 2.38. The van der Waals surface area contributed by atoms with E-state index >= 15 is 0 Å². The quantitative estimate of drug-likeness (QED) is 0.724. The molecule has 1 heterocycles. The van der Waals surface area contributed by atoms with Crippen LogP contribution < -0.4 is 15.1 Å². The molecular formula is C14H27N5. The Morgan fingerprint density at radius 2 is 1.79 bits per heavy atom. The number of anilines is 2. The highest BCUT2D eigenvalue weighted by atomic mass is 15.2. The van der Waals surface area contributed by atoms with Crippen LogP contribution in [0, 0.1) is 5.92 Å². The normalized spacial score (nSPS) is 10.8. The van der Waals surface area contributed by atoms with Crippen molar-refractivity contribution in [2.45, 2.75) is 20.3 Å². The van der Waals surface area contributed by atoms with E-state index in [0.717, 1.165) is 37.7 Å². The van der Waals surface area contributed by atoms with Gasteiger partial charge in [0.1, 0.15) is 18.0 Å². The van der Waals surface area contributed by atoms with E-state index in [1.54, 1.807) is 6.33 Å². The lowest BCUT2D eigenvalue weighted by Gasteiger charge is -2.23. The Kier molecular flexibility index (Phi) is 6.56. The highest BCUT2D eigenvalue weighted by Gasteiger charge is 2.08. The summed E-state index contributed by atoms with van der Waals surface area (Å²) in [5, 5.41) is 3.16. The van der Waals surface area contributed by atoms with Crippen molar-refractivity contribution in [3.05, 3.63) is 12.4 Å². The molecule has 0 radical (unpaired) electrons. The van der Waals surface area contributed by atoms with Gasteiger partial charge in [-0.1, -0.05) is 13.8 Å². The van der Waals surface area contributed by atoms with E-state index in [2.05, 4.69) is 59.1 Å². The van der Waals surface area contributed by atoms with Gasteiger partial charge in [-0.15, -0.1) is 0 Å². The first-order chi connectivity index (χ1) is 9.04. The molecule has 5 nitrogen and oxygen atoms in total. The van der Waals surface area contributed by atoms with E-state index in [-0.39, 0.29) is 0 Å². The van der Waals surface area contributed by atoms with Crippen molar-refractivity contribution in [3.63, 3.8) is 0 Å². The molecule has 1 aromatic rings. The van der Waals surface area contributed by atoms with Crippen LogP contribution in [-0.2, 0) is 0 Å². The van der Waals surface area contributed by atoms with Crippen LogP contribution in [0.5, 0.6) is 0 Å². The van der Waals surface area contributed by atoms with E-state index in [1.165, 1.54) is 0 Å². The zero-order valence-corrected chi connectivity index (χ0v) is 12.8. The van der Waals surface area contributed by atoms with Gasteiger partial charge < -0.3 is 15.1 Å². The smallest absolute Gasteiger partial charge is 0.133 e. The van der Waals surface area contributed by atoms with Gasteiger partial charge in [-0.2, -0.15) is 0 Å². The van der Waals surface area contributed by atoms with Crippen molar-refractivity contribution >= 4 is 11.6 Å². The topological polar surface area (TPSA) is 44.3 Å². The van der Waals surface area contributed by atoms with Crippen LogP contribution in [0.3, 0.4) is 0 Å². The van der Waals surface area contributed by atoms with Crippen LogP contribution in [0.25, 0.3) is 0 Å². The Labute approximate surface area is 117 Å².